The zero-order valence-corrected chi connectivity index (χ0v) is 17.8. The van der Waals surface area contributed by atoms with E-state index in [-0.39, 0.29) is 10.5 Å². The first-order chi connectivity index (χ1) is 14.3. The lowest BCUT2D eigenvalue weighted by molar-refractivity contribution is 0.0954. The molecule has 3 rings (SSSR count). The van der Waals surface area contributed by atoms with Gasteiger partial charge in [0.25, 0.3) is 15.9 Å². The van der Waals surface area contributed by atoms with E-state index in [0.717, 1.165) is 16.7 Å². The summed E-state index contributed by atoms with van der Waals surface area (Å²) in [5, 5.41) is 4.10. The van der Waals surface area contributed by atoms with Crippen LogP contribution in [0.2, 0.25) is 0 Å². The number of hydrogen-bond acceptors (Lipinski definition) is 4. The van der Waals surface area contributed by atoms with E-state index in [1.807, 2.05) is 56.3 Å². The minimum atomic E-state index is -3.84. The number of nitrogens with zero attached hydrogens (tertiary/aromatic N) is 1. The van der Waals surface area contributed by atoms with E-state index in [0.29, 0.717) is 11.4 Å². The Morgan fingerprint density at radius 2 is 1.57 bits per heavy atom. The van der Waals surface area contributed by atoms with Gasteiger partial charge in [0, 0.05) is 5.56 Å². The Bertz CT molecular complexity index is 1200. The van der Waals surface area contributed by atoms with Crippen LogP contribution >= 0.6 is 0 Å². The Balaban J connectivity index is 1.78. The van der Waals surface area contributed by atoms with Crippen LogP contribution in [-0.2, 0) is 10.0 Å². The van der Waals surface area contributed by atoms with Crippen LogP contribution in [0.3, 0.4) is 0 Å². The lowest BCUT2D eigenvalue weighted by Crippen LogP contribution is -2.20. The summed E-state index contributed by atoms with van der Waals surface area (Å²) in [6.07, 6.45) is 0. The van der Waals surface area contributed by atoms with Crippen LogP contribution in [0.1, 0.15) is 34.0 Å². The summed E-state index contributed by atoms with van der Waals surface area (Å²) in [6, 6.07) is 20.7. The number of rotatable bonds is 6. The largest absolute Gasteiger partial charge is 0.279 e. The molecule has 0 aliphatic carbocycles. The minimum absolute atomic E-state index is 0.00103. The zero-order valence-electron chi connectivity index (χ0n) is 17.0. The van der Waals surface area contributed by atoms with Crippen LogP contribution in [-0.4, -0.2) is 20.0 Å². The molecule has 0 atom stereocenters. The van der Waals surface area contributed by atoms with Crippen molar-refractivity contribution < 1.29 is 13.2 Å². The third-order valence-corrected chi connectivity index (χ3v) is 5.91. The van der Waals surface area contributed by atoms with Crippen LogP contribution in [0.5, 0.6) is 0 Å². The van der Waals surface area contributed by atoms with E-state index in [9.17, 15) is 13.2 Å². The topological polar surface area (TPSA) is 87.6 Å². The van der Waals surface area contributed by atoms with Crippen molar-refractivity contribution in [3.05, 3.63) is 95.1 Å². The van der Waals surface area contributed by atoms with E-state index in [1.165, 1.54) is 18.2 Å². The van der Waals surface area contributed by atoms with Gasteiger partial charge in [0.05, 0.1) is 16.3 Å². The molecule has 3 aromatic rings. The number of aryl methyl sites for hydroxylation is 2. The average Bonchev–Trinajstić information content (AvgIpc) is 2.74. The first kappa shape index (κ1) is 21.3. The van der Waals surface area contributed by atoms with Gasteiger partial charge in [0.15, 0.2) is 0 Å². The molecule has 0 aromatic heterocycles. The number of anilines is 1. The fraction of sp³-hybridized carbons (Fsp3) is 0.130. The fourth-order valence-electron chi connectivity index (χ4n) is 2.88. The van der Waals surface area contributed by atoms with E-state index in [4.69, 9.17) is 0 Å². The molecule has 0 fully saturated rings. The van der Waals surface area contributed by atoms with Crippen LogP contribution in [0, 0.1) is 13.8 Å². The Hall–Kier alpha value is -3.45. The molecule has 7 heteroatoms. The lowest BCUT2D eigenvalue weighted by Gasteiger charge is -2.12. The lowest BCUT2D eigenvalue weighted by atomic mass is 10.1. The molecule has 0 aliphatic heterocycles. The fourth-order valence-corrected chi connectivity index (χ4v) is 4.06. The molecule has 0 saturated heterocycles. The van der Waals surface area contributed by atoms with Gasteiger partial charge in [-0.05, 0) is 56.2 Å². The molecule has 0 aliphatic rings. The van der Waals surface area contributed by atoms with Gasteiger partial charge in [-0.1, -0.05) is 54.1 Å². The van der Waals surface area contributed by atoms with Crippen molar-refractivity contribution in [2.75, 3.05) is 4.72 Å². The number of benzene rings is 3. The first-order valence-electron chi connectivity index (χ1n) is 9.36. The van der Waals surface area contributed by atoms with E-state index >= 15 is 0 Å². The van der Waals surface area contributed by atoms with Crippen LogP contribution in [0.4, 0.5) is 5.69 Å². The highest BCUT2D eigenvalue weighted by atomic mass is 32.2. The van der Waals surface area contributed by atoms with Crippen molar-refractivity contribution in [1.82, 2.24) is 5.43 Å². The Kier molecular flexibility index (Phi) is 6.32. The summed E-state index contributed by atoms with van der Waals surface area (Å²) >= 11 is 0. The molecule has 0 bridgehead atoms. The number of carbonyl (C=O) groups excluding carboxylic acids is 1. The maximum absolute atomic E-state index is 12.8. The van der Waals surface area contributed by atoms with Gasteiger partial charge in [-0.3, -0.25) is 9.52 Å². The molecule has 0 radical (unpaired) electrons. The quantitative estimate of drug-likeness (QED) is 0.460. The Morgan fingerprint density at radius 1 is 0.867 bits per heavy atom. The summed E-state index contributed by atoms with van der Waals surface area (Å²) in [7, 11) is -3.84. The third kappa shape index (κ3) is 5.12. The number of hydrazone groups is 1. The van der Waals surface area contributed by atoms with Gasteiger partial charge in [-0.15, -0.1) is 0 Å². The second kappa shape index (κ2) is 8.92. The molecule has 0 saturated carbocycles. The molecular weight excluding hydrogens is 398 g/mol. The zero-order chi connectivity index (χ0) is 21.7. The van der Waals surface area contributed by atoms with Gasteiger partial charge < -0.3 is 0 Å². The van der Waals surface area contributed by atoms with Crippen LogP contribution in [0.15, 0.2) is 82.8 Å². The summed E-state index contributed by atoms with van der Waals surface area (Å²) in [6.45, 7) is 5.56. The molecule has 154 valence electrons. The number of hydrogen-bond donors (Lipinski definition) is 2. The Morgan fingerprint density at radius 3 is 2.27 bits per heavy atom. The van der Waals surface area contributed by atoms with Gasteiger partial charge in [0.2, 0.25) is 0 Å². The molecule has 3 aromatic carbocycles. The van der Waals surface area contributed by atoms with Gasteiger partial charge in [-0.25, -0.2) is 13.8 Å². The highest BCUT2D eigenvalue weighted by Crippen LogP contribution is 2.21. The maximum atomic E-state index is 12.8. The second-order valence-electron chi connectivity index (χ2n) is 6.96. The molecule has 6 nitrogen and oxygen atoms in total. The highest BCUT2D eigenvalue weighted by molar-refractivity contribution is 7.92. The monoisotopic (exact) mass is 421 g/mol. The molecule has 2 N–H and O–H groups in total. The Labute approximate surface area is 176 Å². The number of nitrogens with one attached hydrogen (secondary N) is 2. The third-order valence-electron chi connectivity index (χ3n) is 4.55. The molecule has 1 amide bonds. The van der Waals surface area contributed by atoms with Crippen molar-refractivity contribution in [2.45, 2.75) is 25.7 Å². The standard InChI is InChI=1S/C23H23N3O3S/c1-16-12-13-22(17(2)14-16)26-30(28,29)21-11-7-10-20(15-21)23(27)25-24-18(3)19-8-5-4-6-9-19/h4-15,26H,1-3H3,(H,25,27)/b24-18+. The SMILES string of the molecule is C/C(=N\NC(=O)c1cccc(S(=O)(=O)Nc2ccc(C)cc2C)c1)c1ccccc1. The molecule has 0 unspecified atom stereocenters. The minimum Gasteiger partial charge on any atom is -0.279 e. The van der Waals surface area contributed by atoms with E-state index in [2.05, 4.69) is 15.2 Å². The number of sulfonamides is 1. The summed E-state index contributed by atoms with van der Waals surface area (Å²) in [4.78, 5) is 12.5. The van der Waals surface area contributed by atoms with Crippen molar-refractivity contribution in [3.8, 4) is 0 Å². The average molecular weight is 422 g/mol. The smallest absolute Gasteiger partial charge is 0.271 e. The van der Waals surface area contributed by atoms with Crippen molar-refractivity contribution in [1.29, 1.82) is 0 Å². The van der Waals surface area contributed by atoms with Crippen molar-refractivity contribution in [3.63, 3.8) is 0 Å². The van der Waals surface area contributed by atoms with Gasteiger partial charge >= 0.3 is 0 Å². The van der Waals surface area contributed by atoms with Gasteiger partial charge in [-0.2, -0.15) is 5.10 Å². The molecule has 0 heterocycles. The predicted molar refractivity (Wildman–Crippen MR) is 119 cm³/mol. The van der Waals surface area contributed by atoms with Crippen molar-refractivity contribution in [2.24, 2.45) is 5.10 Å². The van der Waals surface area contributed by atoms with Crippen molar-refractivity contribution >= 4 is 27.3 Å². The summed E-state index contributed by atoms with van der Waals surface area (Å²) in [5.41, 5.74) is 6.55. The van der Waals surface area contributed by atoms with E-state index < -0.39 is 15.9 Å². The van der Waals surface area contributed by atoms with Crippen LogP contribution < -0.4 is 10.1 Å². The highest BCUT2D eigenvalue weighted by Gasteiger charge is 2.17. The van der Waals surface area contributed by atoms with Crippen LogP contribution in [0.25, 0.3) is 0 Å². The predicted octanol–water partition coefficient (Wildman–Crippen LogP) is 4.26. The summed E-state index contributed by atoms with van der Waals surface area (Å²) < 4.78 is 28.2. The first-order valence-corrected chi connectivity index (χ1v) is 10.8. The summed E-state index contributed by atoms with van der Waals surface area (Å²) in [5.74, 6) is -0.492. The molecule has 0 spiro atoms. The maximum Gasteiger partial charge on any atom is 0.271 e. The van der Waals surface area contributed by atoms with Gasteiger partial charge in [0.1, 0.15) is 0 Å². The number of carbonyl (C=O) groups is 1. The second-order valence-corrected chi connectivity index (χ2v) is 8.64. The van der Waals surface area contributed by atoms with E-state index in [1.54, 1.807) is 19.1 Å². The number of amides is 1. The molecular formula is C23H23N3O3S. The molecule has 30 heavy (non-hydrogen) atoms. The normalized spacial score (nSPS) is 11.8.